The molecule has 0 saturated carbocycles. The van der Waals surface area contributed by atoms with Gasteiger partial charge in [0.15, 0.2) is 0 Å². The maximum atomic E-state index is 11.6. The Morgan fingerprint density at radius 1 is 1.59 bits per heavy atom. The molecule has 0 aromatic carbocycles. The number of nitrogens with zero attached hydrogens (tertiary/aromatic N) is 1. The Bertz CT molecular complexity index is 299. The topological polar surface area (TPSA) is 84.7 Å². The second-order valence-corrected chi connectivity index (χ2v) is 5.26. The Morgan fingerprint density at radius 2 is 2.24 bits per heavy atom. The van der Waals surface area contributed by atoms with Crippen LogP contribution in [0.4, 0.5) is 4.79 Å². The van der Waals surface area contributed by atoms with E-state index in [9.17, 15) is 9.59 Å². The molecule has 1 atom stereocenters. The normalized spacial score (nSPS) is 20.7. The first-order valence-corrected chi connectivity index (χ1v) is 5.82. The lowest BCUT2D eigenvalue weighted by atomic mass is 9.99. The van der Waals surface area contributed by atoms with Crippen LogP contribution in [0, 0.1) is 5.92 Å². The third-order valence-corrected chi connectivity index (χ3v) is 2.44. The lowest BCUT2D eigenvalue weighted by molar-refractivity contribution is -0.127. The van der Waals surface area contributed by atoms with E-state index in [1.165, 1.54) is 0 Å². The van der Waals surface area contributed by atoms with Crippen molar-refractivity contribution in [1.82, 2.24) is 10.3 Å². The number of rotatable bonds is 2. The lowest BCUT2D eigenvalue weighted by Crippen LogP contribution is -2.48. The number of nitrogens with two attached hydrogens (primary N) is 1. The second-order valence-electron chi connectivity index (χ2n) is 5.26. The lowest BCUT2D eigenvalue weighted by Gasteiger charge is -2.28. The fourth-order valence-electron chi connectivity index (χ4n) is 1.64. The van der Waals surface area contributed by atoms with Crippen molar-refractivity contribution < 1.29 is 14.3 Å². The van der Waals surface area contributed by atoms with Crippen molar-refractivity contribution in [3.05, 3.63) is 0 Å². The third kappa shape index (κ3) is 4.60. The average Bonchev–Trinajstić information content (AvgIpc) is 2.18. The van der Waals surface area contributed by atoms with Crippen LogP contribution < -0.4 is 11.2 Å². The van der Waals surface area contributed by atoms with E-state index < -0.39 is 11.7 Å². The molecular weight excluding hydrogens is 222 g/mol. The highest BCUT2D eigenvalue weighted by molar-refractivity contribution is 5.80. The molecule has 6 nitrogen and oxygen atoms in total. The number of nitrogens with one attached hydrogen (secondary N) is 1. The first-order chi connectivity index (χ1) is 7.79. The van der Waals surface area contributed by atoms with Gasteiger partial charge in [-0.2, -0.15) is 0 Å². The van der Waals surface area contributed by atoms with Gasteiger partial charge in [0, 0.05) is 6.54 Å². The van der Waals surface area contributed by atoms with E-state index >= 15 is 0 Å². The Hall–Kier alpha value is -1.30. The number of hydrogen-bond donors (Lipinski definition) is 2. The Morgan fingerprint density at radius 3 is 2.76 bits per heavy atom. The van der Waals surface area contributed by atoms with Crippen molar-refractivity contribution in [2.45, 2.75) is 39.2 Å². The van der Waals surface area contributed by atoms with Crippen LogP contribution >= 0.6 is 0 Å². The quantitative estimate of drug-likeness (QED) is 0.423. The largest absolute Gasteiger partial charge is 0.443 e. The standard InChI is InChI=1S/C11H21N3O3/c1-11(2,3)17-10(16)14(12)7-8-5-4-6-13-9(8)15/h8H,4-7,12H2,1-3H3,(H,13,15)/t8-/m1/s1. The van der Waals surface area contributed by atoms with Crippen molar-refractivity contribution in [2.24, 2.45) is 11.8 Å². The maximum Gasteiger partial charge on any atom is 0.424 e. The number of carbonyl (C=O) groups is 2. The van der Waals surface area contributed by atoms with Crippen molar-refractivity contribution in [2.75, 3.05) is 13.1 Å². The molecule has 0 bridgehead atoms. The highest BCUT2D eigenvalue weighted by Gasteiger charge is 2.27. The number of amides is 2. The van der Waals surface area contributed by atoms with Gasteiger partial charge in [-0.15, -0.1) is 0 Å². The molecule has 0 radical (unpaired) electrons. The summed E-state index contributed by atoms with van der Waals surface area (Å²) < 4.78 is 5.11. The fraction of sp³-hybridized carbons (Fsp3) is 0.818. The summed E-state index contributed by atoms with van der Waals surface area (Å²) in [6, 6.07) is 0. The molecular formula is C11H21N3O3. The van der Waals surface area contributed by atoms with E-state index in [-0.39, 0.29) is 18.4 Å². The summed E-state index contributed by atoms with van der Waals surface area (Å²) in [7, 11) is 0. The summed E-state index contributed by atoms with van der Waals surface area (Å²) >= 11 is 0. The van der Waals surface area contributed by atoms with Gasteiger partial charge in [0.25, 0.3) is 0 Å². The molecule has 98 valence electrons. The maximum absolute atomic E-state index is 11.6. The van der Waals surface area contributed by atoms with Gasteiger partial charge in [-0.1, -0.05) is 0 Å². The van der Waals surface area contributed by atoms with Crippen LogP contribution in [0.15, 0.2) is 0 Å². The third-order valence-electron chi connectivity index (χ3n) is 2.44. The monoisotopic (exact) mass is 243 g/mol. The van der Waals surface area contributed by atoms with Gasteiger partial charge in [-0.25, -0.2) is 15.6 Å². The van der Waals surface area contributed by atoms with Crippen molar-refractivity contribution >= 4 is 12.0 Å². The summed E-state index contributed by atoms with van der Waals surface area (Å²) in [5.41, 5.74) is -0.580. The fourth-order valence-corrected chi connectivity index (χ4v) is 1.64. The van der Waals surface area contributed by atoms with E-state index in [1.54, 1.807) is 20.8 Å². The smallest absolute Gasteiger partial charge is 0.424 e. The average molecular weight is 243 g/mol. The zero-order valence-corrected chi connectivity index (χ0v) is 10.7. The molecule has 3 N–H and O–H groups in total. The minimum atomic E-state index is -0.601. The van der Waals surface area contributed by atoms with Crippen LogP contribution in [0.3, 0.4) is 0 Å². The van der Waals surface area contributed by atoms with Crippen molar-refractivity contribution in [3.8, 4) is 0 Å². The van der Waals surface area contributed by atoms with Gasteiger partial charge >= 0.3 is 6.09 Å². The van der Waals surface area contributed by atoms with Gasteiger partial charge in [0.2, 0.25) is 5.91 Å². The van der Waals surface area contributed by atoms with E-state index in [4.69, 9.17) is 10.6 Å². The Labute approximate surface area is 101 Å². The van der Waals surface area contributed by atoms with Gasteiger partial charge in [-0.3, -0.25) is 4.79 Å². The van der Waals surface area contributed by atoms with Crippen molar-refractivity contribution in [1.29, 1.82) is 0 Å². The van der Waals surface area contributed by atoms with Gasteiger partial charge in [0.1, 0.15) is 5.60 Å². The molecule has 1 aliphatic rings. The summed E-state index contributed by atoms with van der Waals surface area (Å²) in [6.45, 7) is 6.21. The van der Waals surface area contributed by atoms with Crippen LogP contribution in [-0.4, -0.2) is 35.7 Å². The molecule has 0 aliphatic carbocycles. The van der Waals surface area contributed by atoms with Crippen LogP contribution in [0.1, 0.15) is 33.6 Å². The van der Waals surface area contributed by atoms with Gasteiger partial charge in [-0.05, 0) is 33.6 Å². The number of piperidine rings is 1. The molecule has 0 aromatic rings. The number of hydrazine groups is 1. The zero-order chi connectivity index (χ0) is 13.1. The molecule has 6 heteroatoms. The molecule has 1 heterocycles. The van der Waals surface area contributed by atoms with E-state index in [0.29, 0.717) is 6.54 Å². The Balaban J connectivity index is 2.45. The van der Waals surface area contributed by atoms with Gasteiger partial charge in [0.05, 0.1) is 12.5 Å². The summed E-state index contributed by atoms with van der Waals surface area (Å²) in [4.78, 5) is 23.1. The van der Waals surface area contributed by atoms with Crippen LogP contribution in [0.25, 0.3) is 0 Å². The van der Waals surface area contributed by atoms with E-state index in [2.05, 4.69) is 5.32 Å². The number of hydrogen-bond acceptors (Lipinski definition) is 4. The zero-order valence-electron chi connectivity index (χ0n) is 10.7. The molecule has 17 heavy (non-hydrogen) atoms. The van der Waals surface area contributed by atoms with Crippen LogP contribution in [0.5, 0.6) is 0 Å². The highest BCUT2D eigenvalue weighted by Crippen LogP contribution is 2.14. The molecule has 1 aliphatic heterocycles. The summed E-state index contributed by atoms with van der Waals surface area (Å²) in [5.74, 6) is 5.32. The molecule has 1 fully saturated rings. The minimum Gasteiger partial charge on any atom is -0.443 e. The molecule has 1 rings (SSSR count). The number of carbonyl (C=O) groups excluding carboxylic acids is 2. The first kappa shape index (κ1) is 13.8. The van der Waals surface area contributed by atoms with Crippen LogP contribution in [0.2, 0.25) is 0 Å². The van der Waals surface area contributed by atoms with E-state index in [1.807, 2.05) is 0 Å². The predicted octanol–water partition coefficient (Wildman–Crippen LogP) is 0.623. The summed E-state index contributed by atoms with van der Waals surface area (Å²) in [6.07, 6.45) is 1.07. The predicted molar refractivity (Wildman–Crippen MR) is 62.9 cm³/mol. The second kappa shape index (κ2) is 5.35. The molecule has 2 amide bonds. The summed E-state index contributed by atoms with van der Waals surface area (Å²) in [5, 5.41) is 3.72. The minimum absolute atomic E-state index is 0.0461. The number of ether oxygens (including phenoxy) is 1. The molecule has 1 saturated heterocycles. The first-order valence-electron chi connectivity index (χ1n) is 5.82. The molecule has 0 aromatic heterocycles. The van der Waals surface area contributed by atoms with Crippen molar-refractivity contribution in [3.63, 3.8) is 0 Å². The van der Waals surface area contributed by atoms with Gasteiger partial charge < -0.3 is 10.1 Å². The van der Waals surface area contributed by atoms with Crippen LogP contribution in [-0.2, 0) is 9.53 Å². The molecule has 0 spiro atoms. The highest BCUT2D eigenvalue weighted by atomic mass is 16.6. The molecule has 0 unspecified atom stereocenters. The Kier molecular flexibility index (Phi) is 4.34. The van der Waals surface area contributed by atoms with E-state index in [0.717, 1.165) is 17.9 Å². The SMILES string of the molecule is CC(C)(C)OC(=O)N(N)C[C@H]1CCCNC1=O.